The first-order valence-corrected chi connectivity index (χ1v) is 15.2. The molecule has 0 aliphatic carbocycles. The Morgan fingerprint density at radius 1 is 1.09 bits per heavy atom. The minimum atomic E-state index is -4.50. The predicted molar refractivity (Wildman–Crippen MR) is 164 cm³/mol. The summed E-state index contributed by atoms with van der Waals surface area (Å²) in [4.78, 5) is 32.0. The number of hydrogen-bond acceptors (Lipinski definition) is 8. The maximum atomic E-state index is 14.0. The Hall–Kier alpha value is -4.14. The molecule has 1 fully saturated rings. The highest BCUT2D eigenvalue weighted by atomic mass is 32.1. The van der Waals surface area contributed by atoms with Crippen LogP contribution in [0, 0.1) is 0 Å². The van der Waals surface area contributed by atoms with Crippen molar-refractivity contribution in [2.75, 3.05) is 65.5 Å². The van der Waals surface area contributed by atoms with E-state index in [1.807, 2.05) is 23.6 Å². The Morgan fingerprint density at radius 2 is 1.84 bits per heavy atom. The molecule has 0 spiro atoms. The molecular weight excluding hydrogens is 611 g/mol. The van der Waals surface area contributed by atoms with Gasteiger partial charge in [-0.1, -0.05) is 6.07 Å². The zero-order chi connectivity index (χ0) is 32.0. The van der Waals surface area contributed by atoms with Crippen molar-refractivity contribution < 1.29 is 37.0 Å². The highest BCUT2D eigenvalue weighted by Gasteiger charge is 2.37. The number of urea groups is 1. The van der Waals surface area contributed by atoms with E-state index in [0.29, 0.717) is 56.3 Å². The molecule has 0 unspecified atom stereocenters. The summed E-state index contributed by atoms with van der Waals surface area (Å²) in [5, 5.41) is 10.7. The average Bonchev–Trinajstić information content (AvgIpc) is 3.74. The van der Waals surface area contributed by atoms with Gasteiger partial charge in [0.25, 0.3) is 5.91 Å². The predicted octanol–water partition coefficient (Wildman–Crippen LogP) is 5.33. The van der Waals surface area contributed by atoms with Crippen molar-refractivity contribution in [1.82, 2.24) is 14.8 Å². The number of anilines is 1. The Labute approximate surface area is 263 Å². The van der Waals surface area contributed by atoms with Crippen LogP contribution in [0.2, 0.25) is 0 Å². The van der Waals surface area contributed by atoms with Crippen LogP contribution in [0.5, 0.6) is 11.5 Å². The normalized spacial score (nSPS) is 17.1. The van der Waals surface area contributed by atoms with E-state index in [4.69, 9.17) is 19.3 Å². The Bertz CT molecular complexity index is 1490. The molecule has 14 heteroatoms. The van der Waals surface area contributed by atoms with E-state index in [2.05, 4.69) is 10.2 Å². The lowest BCUT2D eigenvalue weighted by Gasteiger charge is -2.31. The second-order valence-corrected chi connectivity index (χ2v) is 11.4. The third kappa shape index (κ3) is 7.93. The van der Waals surface area contributed by atoms with Crippen molar-refractivity contribution >= 4 is 34.7 Å². The van der Waals surface area contributed by atoms with E-state index in [1.165, 1.54) is 33.4 Å². The molecule has 45 heavy (non-hydrogen) atoms. The first-order valence-electron chi connectivity index (χ1n) is 14.3. The number of carbonyl (C=O) groups excluding carboxylic acids is 2. The van der Waals surface area contributed by atoms with Gasteiger partial charge in [-0.05, 0) is 53.9 Å². The fraction of sp³-hybridized carbons (Fsp3) is 0.387. The number of carbonyl (C=O) groups is 2. The maximum Gasteiger partial charge on any atom is 0.416 e. The van der Waals surface area contributed by atoms with Gasteiger partial charge in [0.2, 0.25) is 0 Å². The molecule has 3 heterocycles. The fourth-order valence-electron chi connectivity index (χ4n) is 5.19. The number of nitrogens with one attached hydrogen (secondary N) is 1. The summed E-state index contributed by atoms with van der Waals surface area (Å²) in [5.41, 5.74) is 0.777. The van der Waals surface area contributed by atoms with Gasteiger partial charge in [0.05, 0.1) is 49.6 Å². The van der Waals surface area contributed by atoms with E-state index < -0.39 is 29.7 Å². The molecule has 0 radical (unpaired) electrons. The SMILES string of the molecule is COc1ccc(OC)c([C@H]2CC(c3cccs3)=NN2C(=O)CN(CCN2CCOCC2)C(=O)Nc2ccc(C(F)(F)F)cc2)c1. The van der Waals surface area contributed by atoms with Crippen LogP contribution in [0.4, 0.5) is 23.7 Å². The molecule has 2 aliphatic rings. The van der Waals surface area contributed by atoms with Gasteiger partial charge in [-0.25, -0.2) is 9.80 Å². The number of hydrazone groups is 1. The fourth-order valence-corrected chi connectivity index (χ4v) is 5.92. The van der Waals surface area contributed by atoms with Crippen LogP contribution in [-0.2, 0) is 15.7 Å². The van der Waals surface area contributed by atoms with E-state index in [1.54, 1.807) is 26.4 Å². The number of ether oxygens (including phenoxy) is 3. The molecule has 240 valence electrons. The van der Waals surface area contributed by atoms with Crippen molar-refractivity contribution in [3.05, 3.63) is 76.0 Å². The van der Waals surface area contributed by atoms with Crippen LogP contribution in [0.1, 0.15) is 28.5 Å². The standard InChI is InChI=1S/C31H34F3N5O5S/c1-42-23-9-10-27(43-2)24(18-23)26-19-25(28-4-3-17-45-28)36-39(26)29(40)20-38(12-11-37-13-15-44-16-14-37)30(41)35-22-7-5-21(6-8-22)31(32,33)34/h3-10,17-18,26H,11-16,19-20H2,1-2H3,(H,35,41)/t26-/m1/s1. The molecule has 3 amide bonds. The molecule has 2 aromatic carbocycles. The third-order valence-corrected chi connectivity index (χ3v) is 8.55. The molecular formula is C31H34F3N5O5S. The van der Waals surface area contributed by atoms with Gasteiger partial charge in [-0.2, -0.15) is 18.3 Å². The first-order chi connectivity index (χ1) is 21.7. The number of amides is 3. The highest BCUT2D eigenvalue weighted by molar-refractivity contribution is 7.12. The zero-order valence-electron chi connectivity index (χ0n) is 24.9. The van der Waals surface area contributed by atoms with E-state index in [9.17, 15) is 22.8 Å². The van der Waals surface area contributed by atoms with Crippen molar-refractivity contribution in [1.29, 1.82) is 0 Å². The Morgan fingerprint density at radius 3 is 2.49 bits per heavy atom. The van der Waals surface area contributed by atoms with Crippen molar-refractivity contribution in [3.8, 4) is 11.5 Å². The Balaban J connectivity index is 1.40. The summed E-state index contributed by atoms with van der Waals surface area (Å²) in [5.74, 6) is 0.720. The minimum Gasteiger partial charge on any atom is -0.497 e. The lowest BCUT2D eigenvalue weighted by Crippen LogP contribution is -2.47. The number of benzene rings is 2. The van der Waals surface area contributed by atoms with Gasteiger partial charge in [-0.3, -0.25) is 9.69 Å². The number of morpholine rings is 1. The lowest BCUT2D eigenvalue weighted by molar-refractivity contribution is -0.137. The number of rotatable bonds is 10. The number of nitrogens with zero attached hydrogens (tertiary/aromatic N) is 4. The molecule has 0 saturated carbocycles. The molecule has 1 saturated heterocycles. The molecule has 1 N–H and O–H groups in total. The van der Waals surface area contributed by atoms with Gasteiger partial charge in [0.15, 0.2) is 0 Å². The van der Waals surface area contributed by atoms with Gasteiger partial charge in [-0.15, -0.1) is 11.3 Å². The molecule has 5 rings (SSSR count). The summed E-state index contributed by atoms with van der Waals surface area (Å²) in [7, 11) is 3.10. The number of halogens is 3. The van der Waals surface area contributed by atoms with Crippen LogP contribution in [0.25, 0.3) is 0 Å². The summed E-state index contributed by atoms with van der Waals surface area (Å²) < 4.78 is 55.7. The highest BCUT2D eigenvalue weighted by Crippen LogP contribution is 2.40. The smallest absolute Gasteiger partial charge is 0.416 e. The quantitative estimate of drug-likeness (QED) is 0.321. The van der Waals surface area contributed by atoms with Crippen molar-refractivity contribution in [3.63, 3.8) is 0 Å². The van der Waals surface area contributed by atoms with E-state index >= 15 is 0 Å². The summed E-state index contributed by atoms with van der Waals surface area (Å²) >= 11 is 1.51. The van der Waals surface area contributed by atoms with Crippen LogP contribution >= 0.6 is 11.3 Å². The molecule has 1 atom stereocenters. The number of thiophene rings is 1. The van der Waals surface area contributed by atoms with Gasteiger partial charge in [0.1, 0.15) is 18.0 Å². The van der Waals surface area contributed by atoms with Gasteiger partial charge >= 0.3 is 12.2 Å². The maximum absolute atomic E-state index is 14.0. The molecule has 2 aliphatic heterocycles. The number of methoxy groups -OCH3 is 2. The van der Waals surface area contributed by atoms with E-state index in [0.717, 1.165) is 22.7 Å². The lowest BCUT2D eigenvalue weighted by atomic mass is 9.99. The second kappa shape index (κ2) is 14.3. The topological polar surface area (TPSA) is 95.9 Å². The molecule has 3 aromatic rings. The van der Waals surface area contributed by atoms with Crippen molar-refractivity contribution in [2.24, 2.45) is 5.10 Å². The summed E-state index contributed by atoms with van der Waals surface area (Å²) in [6.45, 7) is 2.85. The zero-order valence-corrected chi connectivity index (χ0v) is 25.7. The monoisotopic (exact) mass is 645 g/mol. The largest absolute Gasteiger partial charge is 0.497 e. The average molecular weight is 646 g/mol. The second-order valence-electron chi connectivity index (χ2n) is 10.5. The molecule has 1 aromatic heterocycles. The van der Waals surface area contributed by atoms with Crippen LogP contribution in [0.15, 0.2) is 65.1 Å². The van der Waals surface area contributed by atoms with Crippen LogP contribution in [0.3, 0.4) is 0 Å². The van der Waals surface area contributed by atoms with Gasteiger partial charge < -0.3 is 24.4 Å². The number of hydrogen-bond donors (Lipinski definition) is 1. The van der Waals surface area contributed by atoms with Crippen LogP contribution in [-0.4, -0.2) is 92.6 Å². The summed E-state index contributed by atoms with van der Waals surface area (Å²) in [6.07, 6.45) is -4.08. The van der Waals surface area contributed by atoms with Gasteiger partial charge in [0, 0.05) is 43.9 Å². The molecule has 10 nitrogen and oxygen atoms in total. The third-order valence-electron chi connectivity index (χ3n) is 7.63. The first kappa shape index (κ1) is 32.3. The van der Waals surface area contributed by atoms with Crippen molar-refractivity contribution in [2.45, 2.75) is 18.6 Å². The summed E-state index contributed by atoms with van der Waals surface area (Å²) in [6, 6.07) is 12.2. The van der Waals surface area contributed by atoms with E-state index in [-0.39, 0.29) is 18.8 Å². The Kier molecular flexibility index (Phi) is 10.3. The van der Waals surface area contributed by atoms with Crippen LogP contribution < -0.4 is 14.8 Å². The minimum absolute atomic E-state index is 0.176. The molecule has 0 bridgehead atoms. The number of alkyl halides is 3.